The van der Waals surface area contributed by atoms with Gasteiger partial charge < -0.3 is 17.3 Å². The van der Waals surface area contributed by atoms with Gasteiger partial charge in [0.2, 0.25) is 0 Å². The van der Waals surface area contributed by atoms with Gasteiger partial charge in [0.15, 0.2) is 5.65 Å². The fraction of sp³-hybridized carbons (Fsp3) is 0. The summed E-state index contributed by atoms with van der Waals surface area (Å²) in [6, 6.07) is 0. The maximum absolute atomic E-state index is 10.6. The SMILES string of the molecule is N.N.O=c1ncc2[nH]cnc2[nH]1. The van der Waals surface area contributed by atoms with Crippen LogP contribution in [0.25, 0.3) is 11.2 Å². The summed E-state index contributed by atoms with van der Waals surface area (Å²) in [7, 11) is 0. The summed E-state index contributed by atoms with van der Waals surface area (Å²) in [5.74, 6) is 0. The van der Waals surface area contributed by atoms with Gasteiger partial charge in [0, 0.05) is 0 Å². The van der Waals surface area contributed by atoms with Gasteiger partial charge in [-0.25, -0.2) is 9.78 Å². The van der Waals surface area contributed by atoms with E-state index in [9.17, 15) is 4.79 Å². The average molecular weight is 170 g/mol. The monoisotopic (exact) mass is 170 g/mol. The molecule has 7 heteroatoms. The average Bonchev–Trinajstić information content (AvgIpc) is 2.33. The number of fused-ring (bicyclic) bond motifs is 1. The third-order valence-electron chi connectivity index (χ3n) is 1.21. The summed E-state index contributed by atoms with van der Waals surface area (Å²) < 4.78 is 0. The highest BCUT2D eigenvalue weighted by Gasteiger charge is 1.93. The molecule has 2 heterocycles. The quantitative estimate of drug-likeness (QED) is 0.438. The van der Waals surface area contributed by atoms with E-state index in [4.69, 9.17) is 0 Å². The van der Waals surface area contributed by atoms with E-state index in [2.05, 4.69) is 19.9 Å². The normalized spacial score (nSPS) is 8.67. The predicted molar refractivity (Wildman–Crippen MR) is 44.6 cm³/mol. The molecular weight excluding hydrogens is 160 g/mol. The van der Waals surface area contributed by atoms with Gasteiger partial charge in [0.25, 0.3) is 0 Å². The smallest absolute Gasteiger partial charge is 0.344 e. The second kappa shape index (κ2) is 3.60. The number of aromatic nitrogens is 4. The number of nitrogens with one attached hydrogen (secondary N) is 2. The zero-order valence-corrected chi connectivity index (χ0v) is 6.37. The molecule has 12 heavy (non-hydrogen) atoms. The number of H-pyrrole nitrogens is 2. The van der Waals surface area contributed by atoms with E-state index < -0.39 is 0 Å². The van der Waals surface area contributed by atoms with Crippen molar-refractivity contribution in [3.05, 3.63) is 23.0 Å². The van der Waals surface area contributed by atoms with Crippen molar-refractivity contribution >= 4 is 11.2 Å². The van der Waals surface area contributed by atoms with Crippen LogP contribution in [0.15, 0.2) is 17.3 Å². The van der Waals surface area contributed by atoms with Crippen molar-refractivity contribution in [3.8, 4) is 0 Å². The number of imidazole rings is 1. The van der Waals surface area contributed by atoms with E-state index in [1.54, 1.807) is 0 Å². The Hall–Kier alpha value is -1.73. The van der Waals surface area contributed by atoms with Crippen molar-refractivity contribution in [2.75, 3.05) is 0 Å². The lowest BCUT2D eigenvalue weighted by atomic mass is 10.6. The van der Waals surface area contributed by atoms with Gasteiger partial charge >= 0.3 is 5.69 Å². The Morgan fingerprint density at radius 3 is 2.75 bits per heavy atom. The molecule has 0 aromatic carbocycles. The first-order chi connectivity index (χ1) is 4.86. The Balaban J connectivity index is 0.000000605. The van der Waals surface area contributed by atoms with Crippen LogP contribution in [-0.2, 0) is 0 Å². The van der Waals surface area contributed by atoms with Crippen LogP contribution >= 0.6 is 0 Å². The van der Waals surface area contributed by atoms with Gasteiger partial charge in [-0.05, 0) is 0 Å². The Bertz CT molecular complexity index is 403. The summed E-state index contributed by atoms with van der Waals surface area (Å²) >= 11 is 0. The minimum atomic E-state index is -0.375. The highest BCUT2D eigenvalue weighted by molar-refractivity contribution is 5.67. The van der Waals surface area contributed by atoms with Crippen LogP contribution in [0.5, 0.6) is 0 Å². The van der Waals surface area contributed by atoms with Gasteiger partial charge in [-0.3, -0.25) is 4.98 Å². The molecule has 0 aliphatic heterocycles. The summed E-state index contributed by atoms with van der Waals surface area (Å²) in [4.78, 5) is 23.2. The van der Waals surface area contributed by atoms with Crippen LogP contribution in [-0.4, -0.2) is 19.9 Å². The molecule has 8 N–H and O–H groups in total. The van der Waals surface area contributed by atoms with Gasteiger partial charge in [0.1, 0.15) is 5.52 Å². The Kier molecular flexibility index (Phi) is 3.08. The molecule has 0 spiro atoms. The molecule has 0 saturated heterocycles. The van der Waals surface area contributed by atoms with Crippen LogP contribution in [0.1, 0.15) is 0 Å². The first kappa shape index (κ1) is 10.3. The van der Waals surface area contributed by atoms with Crippen LogP contribution in [0.2, 0.25) is 0 Å². The predicted octanol–water partition coefficient (Wildman–Crippen LogP) is -0.0298. The number of rotatable bonds is 0. The first-order valence-electron chi connectivity index (χ1n) is 2.75. The molecule has 0 atom stereocenters. The lowest BCUT2D eigenvalue weighted by Gasteiger charge is -1.82. The van der Waals surface area contributed by atoms with E-state index in [0.717, 1.165) is 5.52 Å². The first-order valence-corrected chi connectivity index (χ1v) is 2.75. The van der Waals surface area contributed by atoms with E-state index in [-0.39, 0.29) is 18.0 Å². The number of hydrogen-bond donors (Lipinski definition) is 4. The fourth-order valence-corrected chi connectivity index (χ4v) is 0.759. The van der Waals surface area contributed by atoms with Gasteiger partial charge in [-0.1, -0.05) is 0 Å². The molecule has 7 nitrogen and oxygen atoms in total. The molecule has 0 bridgehead atoms. The molecule has 2 aromatic rings. The molecule has 2 aromatic heterocycles. The summed E-state index contributed by atoms with van der Waals surface area (Å²) in [6.45, 7) is 0. The molecular formula is C5H10N6O. The van der Waals surface area contributed by atoms with Gasteiger partial charge in [-0.15, -0.1) is 0 Å². The number of hydrogen-bond acceptors (Lipinski definition) is 5. The highest BCUT2D eigenvalue weighted by atomic mass is 16.1. The molecule has 66 valence electrons. The number of nitrogens with zero attached hydrogens (tertiary/aromatic N) is 2. The Labute approximate surface area is 67.4 Å². The second-order valence-electron chi connectivity index (χ2n) is 1.85. The third-order valence-corrected chi connectivity index (χ3v) is 1.21. The highest BCUT2D eigenvalue weighted by Crippen LogP contribution is 1.97. The lowest BCUT2D eigenvalue weighted by Crippen LogP contribution is -2.08. The molecule has 0 fully saturated rings. The summed E-state index contributed by atoms with van der Waals surface area (Å²) in [6.07, 6.45) is 2.95. The lowest BCUT2D eigenvalue weighted by molar-refractivity contribution is 1.10. The zero-order chi connectivity index (χ0) is 6.97. The molecule has 0 aliphatic rings. The second-order valence-corrected chi connectivity index (χ2v) is 1.85. The maximum Gasteiger partial charge on any atom is 0.346 e. The third kappa shape index (κ3) is 1.47. The van der Waals surface area contributed by atoms with Crippen LogP contribution < -0.4 is 18.0 Å². The van der Waals surface area contributed by atoms with E-state index in [0.29, 0.717) is 5.65 Å². The van der Waals surface area contributed by atoms with E-state index >= 15 is 0 Å². The molecule has 0 amide bonds. The van der Waals surface area contributed by atoms with Crippen molar-refractivity contribution in [2.24, 2.45) is 0 Å². The minimum Gasteiger partial charge on any atom is -0.344 e. The van der Waals surface area contributed by atoms with Gasteiger partial charge in [0.05, 0.1) is 12.5 Å². The van der Waals surface area contributed by atoms with Crippen LogP contribution in [0.4, 0.5) is 0 Å². The topological polar surface area (TPSA) is 144 Å². The maximum atomic E-state index is 10.6. The summed E-state index contributed by atoms with van der Waals surface area (Å²) in [5, 5.41) is 0. The number of aromatic amines is 2. The molecule has 0 aliphatic carbocycles. The standard InChI is InChI=1S/C5H4N4O.2H3N/c10-5-6-1-3-4(9-5)8-2-7-3;;/h1-2H,(H2,6,7,8,9,10);2*1H3. The van der Waals surface area contributed by atoms with Crippen LogP contribution in [0, 0.1) is 0 Å². The van der Waals surface area contributed by atoms with Crippen LogP contribution in [0.3, 0.4) is 0 Å². The summed E-state index contributed by atoms with van der Waals surface area (Å²) in [5.41, 5.74) is 0.902. The molecule has 0 unspecified atom stereocenters. The van der Waals surface area contributed by atoms with E-state index in [1.165, 1.54) is 12.5 Å². The minimum absolute atomic E-state index is 0. The Morgan fingerprint density at radius 2 is 2.00 bits per heavy atom. The van der Waals surface area contributed by atoms with E-state index in [1.807, 2.05) is 0 Å². The molecule has 0 radical (unpaired) electrons. The van der Waals surface area contributed by atoms with Gasteiger partial charge in [-0.2, -0.15) is 4.98 Å². The van der Waals surface area contributed by atoms with Crippen molar-refractivity contribution < 1.29 is 0 Å². The zero-order valence-electron chi connectivity index (χ0n) is 6.37. The van der Waals surface area contributed by atoms with Crippen molar-refractivity contribution in [1.29, 1.82) is 0 Å². The van der Waals surface area contributed by atoms with Crippen molar-refractivity contribution in [1.82, 2.24) is 32.2 Å². The van der Waals surface area contributed by atoms with Crippen molar-refractivity contribution in [2.45, 2.75) is 0 Å². The fourth-order valence-electron chi connectivity index (χ4n) is 0.759. The Morgan fingerprint density at radius 1 is 1.25 bits per heavy atom. The molecule has 2 rings (SSSR count). The molecule has 0 saturated carbocycles. The van der Waals surface area contributed by atoms with Crippen molar-refractivity contribution in [3.63, 3.8) is 0 Å². The largest absolute Gasteiger partial charge is 0.346 e.